The third-order valence-electron chi connectivity index (χ3n) is 1.35. The number of nitrogens with zero attached hydrogens (tertiary/aromatic N) is 4. The molecule has 2 aromatic heterocycles. The minimum absolute atomic E-state index is 0.346. The SMILES string of the molecule is O=C(Sc1c[nH]nn1)C(=O)Sc1c[nH]nn1. The molecule has 2 aromatic rings. The van der Waals surface area contributed by atoms with Gasteiger partial charge in [-0.05, 0) is 23.5 Å². The van der Waals surface area contributed by atoms with Gasteiger partial charge in [-0.15, -0.1) is 10.2 Å². The number of nitrogens with one attached hydrogen (secondary N) is 2. The molecule has 0 spiro atoms. The lowest BCUT2D eigenvalue weighted by Gasteiger charge is -1.93. The molecule has 0 unspecified atom stereocenters. The number of carbonyl (C=O) groups excluding carboxylic acids is 2. The molecule has 10 heteroatoms. The van der Waals surface area contributed by atoms with Crippen molar-refractivity contribution in [1.82, 2.24) is 30.8 Å². The van der Waals surface area contributed by atoms with Crippen LogP contribution in [0.15, 0.2) is 22.4 Å². The number of hydrogen-bond acceptors (Lipinski definition) is 8. The van der Waals surface area contributed by atoms with Gasteiger partial charge in [0.15, 0.2) is 0 Å². The molecule has 0 bridgehead atoms. The molecule has 0 aliphatic rings. The van der Waals surface area contributed by atoms with Crippen LogP contribution in [-0.2, 0) is 9.59 Å². The van der Waals surface area contributed by atoms with Gasteiger partial charge in [-0.25, -0.2) is 0 Å². The topological polar surface area (TPSA) is 117 Å². The highest BCUT2D eigenvalue weighted by molar-refractivity contribution is 8.24. The van der Waals surface area contributed by atoms with E-state index in [2.05, 4.69) is 30.8 Å². The largest absolute Gasteiger partial charge is 0.277 e. The van der Waals surface area contributed by atoms with Crippen molar-refractivity contribution in [3.05, 3.63) is 12.4 Å². The first-order chi connectivity index (χ1) is 7.75. The predicted molar refractivity (Wildman–Crippen MR) is 54.5 cm³/mol. The van der Waals surface area contributed by atoms with Crippen molar-refractivity contribution in [3.8, 4) is 0 Å². The van der Waals surface area contributed by atoms with Crippen molar-refractivity contribution in [3.63, 3.8) is 0 Å². The number of hydrogen-bond donors (Lipinski definition) is 2. The van der Waals surface area contributed by atoms with Gasteiger partial charge in [0.05, 0.1) is 12.4 Å². The van der Waals surface area contributed by atoms with Gasteiger partial charge < -0.3 is 0 Å². The second-order valence-corrected chi connectivity index (χ2v) is 4.39. The highest BCUT2D eigenvalue weighted by atomic mass is 32.2. The van der Waals surface area contributed by atoms with E-state index in [9.17, 15) is 9.59 Å². The molecule has 0 radical (unpaired) electrons. The second-order valence-electron chi connectivity index (χ2n) is 2.40. The summed E-state index contributed by atoms with van der Waals surface area (Å²) in [4.78, 5) is 22.8. The van der Waals surface area contributed by atoms with E-state index < -0.39 is 10.2 Å². The van der Waals surface area contributed by atoms with Crippen molar-refractivity contribution in [2.24, 2.45) is 0 Å². The molecule has 2 heterocycles. The standard InChI is InChI=1S/C6H4N6O2S2/c13-5(15-3-1-7-11-9-3)6(14)16-4-2-8-12-10-4/h1-2H,(H,7,9,11)(H,8,10,12). The van der Waals surface area contributed by atoms with Crippen LogP contribution in [0.1, 0.15) is 0 Å². The summed E-state index contributed by atoms with van der Waals surface area (Å²) in [5, 5.41) is 18.3. The quantitative estimate of drug-likeness (QED) is 0.563. The Balaban J connectivity index is 1.92. The Morgan fingerprint density at radius 2 is 1.38 bits per heavy atom. The van der Waals surface area contributed by atoms with E-state index in [0.717, 1.165) is 0 Å². The molecular formula is C6H4N6O2S2. The molecule has 0 atom stereocenters. The smallest absolute Gasteiger partial charge is 0.272 e. The fraction of sp³-hybridized carbons (Fsp3) is 0. The third-order valence-corrected chi connectivity index (χ3v) is 3.04. The van der Waals surface area contributed by atoms with Gasteiger partial charge in [0.2, 0.25) is 0 Å². The van der Waals surface area contributed by atoms with Crippen LogP contribution in [0.5, 0.6) is 0 Å². The molecule has 0 saturated carbocycles. The first kappa shape index (κ1) is 10.8. The zero-order chi connectivity index (χ0) is 11.4. The second kappa shape index (κ2) is 4.90. The maximum absolute atomic E-state index is 11.4. The number of aromatic nitrogens is 6. The summed E-state index contributed by atoms with van der Waals surface area (Å²) in [6, 6.07) is 0. The normalized spacial score (nSPS) is 10.2. The molecular weight excluding hydrogens is 252 g/mol. The van der Waals surface area contributed by atoms with Crippen LogP contribution in [0.25, 0.3) is 0 Å². The maximum atomic E-state index is 11.4. The average Bonchev–Trinajstić information content (AvgIpc) is 2.90. The summed E-state index contributed by atoms with van der Waals surface area (Å²) < 4.78 is 0. The molecule has 16 heavy (non-hydrogen) atoms. The lowest BCUT2D eigenvalue weighted by Crippen LogP contribution is -2.04. The van der Waals surface area contributed by atoms with Crippen LogP contribution < -0.4 is 0 Å². The molecule has 82 valence electrons. The van der Waals surface area contributed by atoms with Gasteiger partial charge in [0.25, 0.3) is 10.2 Å². The van der Waals surface area contributed by atoms with Crippen LogP contribution in [0.4, 0.5) is 0 Å². The van der Waals surface area contributed by atoms with E-state index >= 15 is 0 Å². The van der Waals surface area contributed by atoms with E-state index in [1.807, 2.05) is 0 Å². The molecule has 0 saturated heterocycles. The Labute approximate surface area is 97.0 Å². The molecule has 0 aliphatic carbocycles. The molecule has 0 aliphatic heterocycles. The number of H-pyrrole nitrogens is 2. The Kier molecular flexibility index (Phi) is 3.31. The Hall–Kier alpha value is -1.68. The summed E-state index contributed by atoms with van der Waals surface area (Å²) in [6.45, 7) is 0. The summed E-state index contributed by atoms with van der Waals surface area (Å²) in [5.41, 5.74) is 0. The number of rotatable bonds is 2. The Morgan fingerprint density at radius 3 is 1.69 bits per heavy atom. The fourth-order valence-corrected chi connectivity index (χ4v) is 1.94. The monoisotopic (exact) mass is 256 g/mol. The van der Waals surface area contributed by atoms with Crippen molar-refractivity contribution in [2.45, 2.75) is 10.1 Å². The van der Waals surface area contributed by atoms with Crippen LogP contribution in [0, 0.1) is 0 Å². The van der Waals surface area contributed by atoms with E-state index in [1.54, 1.807) is 0 Å². The summed E-state index contributed by atoms with van der Waals surface area (Å²) in [5.74, 6) is 0. The van der Waals surface area contributed by atoms with E-state index in [-0.39, 0.29) is 0 Å². The number of aromatic amines is 2. The van der Waals surface area contributed by atoms with E-state index in [1.165, 1.54) is 12.4 Å². The van der Waals surface area contributed by atoms with Crippen LogP contribution >= 0.6 is 23.5 Å². The molecule has 2 N–H and O–H groups in total. The minimum atomic E-state index is -0.637. The molecule has 8 nitrogen and oxygen atoms in total. The van der Waals surface area contributed by atoms with E-state index in [4.69, 9.17) is 0 Å². The summed E-state index contributed by atoms with van der Waals surface area (Å²) in [7, 11) is 0. The van der Waals surface area contributed by atoms with Gasteiger partial charge in [0.1, 0.15) is 10.1 Å². The summed E-state index contributed by atoms with van der Waals surface area (Å²) in [6.07, 6.45) is 2.85. The minimum Gasteiger partial charge on any atom is -0.277 e. The van der Waals surface area contributed by atoms with Gasteiger partial charge in [-0.1, -0.05) is 10.4 Å². The first-order valence-electron chi connectivity index (χ1n) is 3.92. The van der Waals surface area contributed by atoms with Crippen LogP contribution in [0.3, 0.4) is 0 Å². The van der Waals surface area contributed by atoms with Gasteiger partial charge in [0, 0.05) is 0 Å². The fourth-order valence-electron chi connectivity index (χ4n) is 0.755. The predicted octanol–water partition coefficient (Wildman–Crippen LogP) is -0.140. The Morgan fingerprint density at radius 1 is 0.938 bits per heavy atom. The molecule has 0 aromatic carbocycles. The number of thioether (sulfide) groups is 2. The van der Waals surface area contributed by atoms with Crippen molar-refractivity contribution in [1.29, 1.82) is 0 Å². The molecule has 2 rings (SSSR count). The van der Waals surface area contributed by atoms with Crippen molar-refractivity contribution < 1.29 is 9.59 Å². The highest BCUT2D eigenvalue weighted by Gasteiger charge is 2.19. The van der Waals surface area contributed by atoms with Crippen molar-refractivity contribution >= 4 is 33.8 Å². The van der Waals surface area contributed by atoms with Gasteiger partial charge in [-0.2, -0.15) is 0 Å². The van der Waals surface area contributed by atoms with Crippen LogP contribution in [-0.4, -0.2) is 41.1 Å². The molecule has 0 amide bonds. The van der Waals surface area contributed by atoms with Crippen LogP contribution in [0.2, 0.25) is 0 Å². The lowest BCUT2D eigenvalue weighted by molar-refractivity contribution is -0.126. The molecule has 0 fully saturated rings. The first-order valence-corrected chi connectivity index (χ1v) is 5.56. The lowest BCUT2D eigenvalue weighted by atomic mass is 10.9. The zero-order valence-corrected chi connectivity index (χ0v) is 9.21. The van der Waals surface area contributed by atoms with E-state index in [0.29, 0.717) is 33.6 Å². The summed E-state index contributed by atoms with van der Waals surface area (Å²) >= 11 is 1.42. The van der Waals surface area contributed by atoms with Gasteiger partial charge in [-0.3, -0.25) is 19.8 Å². The van der Waals surface area contributed by atoms with Crippen molar-refractivity contribution in [2.75, 3.05) is 0 Å². The Bertz CT molecular complexity index is 435. The number of carbonyl (C=O) groups is 2. The highest BCUT2D eigenvalue weighted by Crippen LogP contribution is 2.21. The average molecular weight is 256 g/mol. The van der Waals surface area contributed by atoms with Gasteiger partial charge >= 0.3 is 0 Å². The zero-order valence-electron chi connectivity index (χ0n) is 7.58. The maximum Gasteiger partial charge on any atom is 0.272 e. The third kappa shape index (κ3) is 2.67.